The summed E-state index contributed by atoms with van der Waals surface area (Å²) in [6.45, 7) is 1.02. The van der Waals surface area contributed by atoms with Crippen LogP contribution >= 0.6 is 0 Å². The molecule has 0 aliphatic carbocycles. The van der Waals surface area contributed by atoms with Gasteiger partial charge in [0.25, 0.3) is 5.69 Å². The van der Waals surface area contributed by atoms with Crippen LogP contribution in [-0.4, -0.2) is 23.4 Å². The fourth-order valence-electron chi connectivity index (χ4n) is 2.40. The number of nitro benzene ring substituents is 1. The van der Waals surface area contributed by atoms with Crippen molar-refractivity contribution in [2.75, 3.05) is 11.9 Å². The van der Waals surface area contributed by atoms with E-state index in [2.05, 4.69) is 10.6 Å². The van der Waals surface area contributed by atoms with Gasteiger partial charge in [0.2, 0.25) is 5.91 Å². The van der Waals surface area contributed by atoms with Gasteiger partial charge in [-0.3, -0.25) is 14.9 Å². The summed E-state index contributed by atoms with van der Waals surface area (Å²) in [6.07, 6.45) is 4.77. The molecule has 1 aliphatic rings. The van der Waals surface area contributed by atoms with E-state index in [0.717, 1.165) is 19.4 Å². The predicted molar refractivity (Wildman–Crippen MR) is 76.6 cm³/mol. The summed E-state index contributed by atoms with van der Waals surface area (Å²) in [5.41, 5.74) is 0.456. The molecule has 1 fully saturated rings. The minimum Gasteiger partial charge on any atom is -0.326 e. The first-order valence-electron chi connectivity index (χ1n) is 6.93. The van der Waals surface area contributed by atoms with Crippen molar-refractivity contribution in [3.05, 3.63) is 34.4 Å². The van der Waals surface area contributed by atoms with E-state index in [1.165, 1.54) is 25.0 Å². The smallest absolute Gasteiger partial charge is 0.271 e. The maximum atomic E-state index is 11.8. The Labute approximate surface area is 117 Å². The number of nitro groups is 1. The van der Waals surface area contributed by atoms with E-state index < -0.39 is 4.92 Å². The van der Waals surface area contributed by atoms with Crippen molar-refractivity contribution in [3.63, 3.8) is 0 Å². The zero-order chi connectivity index (χ0) is 14.4. The van der Waals surface area contributed by atoms with Crippen LogP contribution in [-0.2, 0) is 4.79 Å². The second kappa shape index (κ2) is 7.00. The van der Waals surface area contributed by atoms with Gasteiger partial charge in [-0.25, -0.2) is 0 Å². The Hall–Kier alpha value is -1.95. The zero-order valence-corrected chi connectivity index (χ0v) is 11.3. The largest absolute Gasteiger partial charge is 0.326 e. The number of carbonyl (C=O) groups is 1. The number of carbonyl (C=O) groups excluding carboxylic acids is 1. The number of rotatable bonds is 5. The van der Waals surface area contributed by atoms with E-state index in [4.69, 9.17) is 0 Å². The van der Waals surface area contributed by atoms with Gasteiger partial charge in [0.05, 0.1) is 4.92 Å². The molecule has 108 valence electrons. The van der Waals surface area contributed by atoms with Gasteiger partial charge < -0.3 is 10.6 Å². The Morgan fingerprint density at radius 2 is 2.30 bits per heavy atom. The molecule has 0 saturated carbocycles. The number of non-ortho nitro benzene ring substituents is 1. The van der Waals surface area contributed by atoms with Gasteiger partial charge in [0.1, 0.15) is 0 Å². The Kier molecular flexibility index (Phi) is 5.06. The molecule has 1 amide bonds. The number of amides is 1. The highest BCUT2D eigenvalue weighted by Gasteiger charge is 2.14. The van der Waals surface area contributed by atoms with Crippen LogP contribution in [0.4, 0.5) is 11.4 Å². The summed E-state index contributed by atoms with van der Waals surface area (Å²) in [5.74, 6) is -0.0992. The van der Waals surface area contributed by atoms with Gasteiger partial charge in [0.15, 0.2) is 0 Å². The number of benzene rings is 1. The third-order valence-electron chi connectivity index (χ3n) is 3.47. The molecule has 0 aromatic heterocycles. The van der Waals surface area contributed by atoms with E-state index in [0.29, 0.717) is 18.2 Å². The Balaban J connectivity index is 1.81. The topological polar surface area (TPSA) is 84.3 Å². The van der Waals surface area contributed by atoms with Gasteiger partial charge >= 0.3 is 0 Å². The van der Waals surface area contributed by atoms with Gasteiger partial charge in [-0.1, -0.05) is 12.5 Å². The molecule has 0 radical (unpaired) electrons. The van der Waals surface area contributed by atoms with Crippen LogP contribution in [0.3, 0.4) is 0 Å². The molecule has 1 aromatic rings. The highest BCUT2D eigenvalue weighted by atomic mass is 16.6. The molecule has 20 heavy (non-hydrogen) atoms. The van der Waals surface area contributed by atoms with Crippen LogP contribution in [0.15, 0.2) is 24.3 Å². The number of hydrogen-bond donors (Lipinski definition) is 2. The maximum Gasteiger partial charge on any atom is 0.271 e. The molecule has 2 N–H and O–H groups in total. The summed E-state index contributed by atoms with van der Waals surface area (Å²) in [5, 5.41) is 16.8. The fourth-order valence-corrected chi connectivity index (χ4v) is 2.40. The summed E-state index contributed by atoms with van der Waals surface area (Å²) in [6, 6.07) is 6.41. The van der Waals surface area contributed by atoms with Gasteiger partial charge in [-0.15, -0.1) is 0 Å². The van der Waals surface area contributed by atoms with Crippen molar-refractivity contribution < 1.29 is 9.72 Å². The normalized spacial score (nSPS) is 18.5. The molecular weight excluding hydrogens is 258 g/mol. The monoisotopic (exact) mass is 277 g/mol. The van der Waals surface area contributed by atoms with Crippen molar-refractivity contribution in [1.29, 1.82) is 0 Å². The second-order valence-electron chi connectivity index (χ2n) is 5.04. The average molecular weight is 277 g/mol. The van der Waals surface area contributed by atoms with Crippen LogP contribution in [0, 0.1) is 10.1 Å². The lowest BCUT2D eigenvalue weighted by Gasteiger charge is -2.23. The van der Waals surface area contributed by atoms with Crippen molar-refractivity contribution in [2.45, 2.75) is 38.1 Å². The highest BCUT2D eigenvalue weighted by Crippen LogP contribution is 2.18. The molecule has 1 heterocycles. The van der Waals surface area contributed by atoms with E-state index in [1.807, 2.05) is 0 Å². The number of anilines is 1. The highest BCUT2D eigenvalue weighted by molar-refractivity contribution is 5.91. The first kappa shape index (κ1) is 14.5. The molecule has 1 aliphatic heterocycles. The van der Waals surface area contributed by atoms with E-state index in [9.17, 15) is 14.9 Å². The number of piperidine rings is 1. The molecule has 1 saturated heterocycles. The van der Waals surface area contributed by atoms with Crippen molar-refractivity contribution in [3.8, 4) is 0 Å². The van der Waals surface area contributed by atoms with Gasteiger partial charge in [-0.05, 0) is 31.9 Å². The number of hydrogen-bond acceptors (Lipinski definition) is 4. The third-order valence-corrected chi connectivity index (χ3v) is 3.47. The molecular formula is C14H19N3O3. The van der Waals surface area contributed by atoms with Crippen LogP contribution in [0.5, 0.6) is 0 Å². The standard InChI is InChI=1S/C14H19N3O3/c18-14(8-7-11-4-1-2-9-15-11)16-12-5-3-6-13(10-12)17(19)20/h3,5-6,10-11,15H,1-2,4,7-9H2,(H,16,18). The molecule has 6 nitrogen and oxygen atoms in total. The maximum absolute atomic E-state index is 11.8. The summed E-state index contributed by atoms with van der Waals surface area (Å²) in [4.78, 5) is 22.0. The van der Waals surface area contributed by atoms with E-state index >= 15 is 0 Å². The minimum atomic E-state index is -0.471. The van der Waals surface area contributed by atoms with E-state index in [-0.39, 0.29) is 11.6 Å². The molecule has 1 unspecified atom stereocenters. The zero-order valence-electron chi connectivity index (χ0n) is 11.3. The Bertz CT molecular complexity index is 484. The fraction of sp³-hybridized carbons (Fsp3) is 0.500. The van der Waals surface area contributed by atoms with Crippen molar-refractivity contribution in [2.24, 2.45) is 0 Å². The minimum absolute atomic E-state index is 0.0169. The van der Waals surface area contributed by atoms with Crippen LogP contribution in [0.1, 0.15) is 32.1 Å². The first-order chi connectivity index (χ1) is 9.65. The van der Waals surface area contributed by atoms with Crippen LogP contribution in [0.25, 0.3) is 0 Å². The second-order valence-corrected chi connectivity index (χ2v) is 5.04. The SMILES string of the molecule is O=C(CCC1CCCCN1)Nc1cccc([N+](=O)[O-])c1. The lowest BCUT2D eigenvalue weighted by molar-refractivity contribution is -0.384. The van der Waals surface area contributed by atoms with Gasteiger partial charge in [-0.2, -0.15) is 0 Å². The lowest BCUT2D eigenvalue weighted by Crippen LogP contribution is -2.34. The van der Waals surface area contributed by atoms with Crippen LogP contribution < -0.4 is 10.6 Å². The first-order valence-corrected chi connectivity index (χ1v) is 6.93. The number of nitrogens with zero attached hydrogens (tertiary/aromatic N) is 1. The van der Waals surface area contributed by atoms with Crippen molar-refractivity contribution in [1.82, 2.24) is 5.32 Å². The van der Waals surface area contributed by atoms with Gasteiger partial charge in [0, 0.05) is 30.3 Å². The predicted octanol–water partition coefficient (Wildman–Crippen LogP) is 2.46. The molecule has 6 heteroatoms. The quantitative estimate of drug-likeness (QED) is 0.639. The lowest BCUT2D eigenvalue weighted by atomic mass is 10.0. The van der Waals surface area contributed by atoms with Crippen molar-refractivity contribution >= 4 is 17.3 Å². The summed E-state index contributed by atoms with van der Waals surface area (Å²) >= 11 is 0. The Morgan fingerprint density at radius 1 is 1.45 bits per heavy atom. The summed E-state index contributed by atoms with van der Waals surface area (Å²) < 4.78 is 0. The molecule has 1 atom stereocenters. The molecule has 1 aromatic carbocycles. The average Bonchev–Trinajstić information content (AvgIpc) is 2.46. The molecule has 0 spiro atoms. The number of nitrogens with one attached hydrogen (secondary N) is 2. The Morgan fingerprint density at radius 3 is 3.00 bits per heavy atom. The molecule has 0 bridgehead atoms. The summed E-state index contributed by atoms with van der Waals surface area (Å²) in [7, 11) is 0. The van der Waals surface area contributed by atoms with Crippen LogP contribution in [0.2, 0.25) is 0 Å². The third kappa shape index (κ3) is 4.31. The molecule has 2 rings (SSSR count). The van der Waals surface area contributed by atoms with E-state index in [1.54, 1.807) is 12.1 Å².